The molecule has 152 valence electrons. The number of hydrogen-bond acceptors (Lipinski definition) is 6. The van der Waals surface area contributed by atoms with Gasteiger partial charge in [-0.15, -0.1) is 0 Å². The maximum atomic E-state index is 12.8. The van der Waals surface area contributed by atoms with E-state index in [1.165, 1.54) is 0 Å². The van der Waals surface area contributed by atoms with Crippen molar-refractivity contribution in [1.82, 2.24) is 20.0 Å². The van der Waals surface area contributed by atoms with Gasteiger partial charge in [0.2, 0.25) is 11.8 Å². The number of rotatable bonds is 9. The number of nitrogens with one attached hydrogen (secondary N) is 1. The van der Waals surface area contributed by atoms with Crippen molar-refractivity contribution >= 4 is 11.8 Å². The van der Waals surface area contributed by atoms with Crippen LogP contribution in [-0.2, 0) is 16.1 Å². The third kappa shape index (κ3) is 5.81. The normalized spacial score (nSPS) is 19.0. The van der Waals surface area contributed by atoms with Gasteiger partial charge in [-0.1, -0.05) is 0 Å². The molecular weight excluding hydrogens is 358 g/mol. The largest absolute Gasteiger partial charge is 0.467 e. The number of furan rings is 1. The van der Waals surface area contributed by atoms with Crippen LogP contribution in [0, 0.1) is 11.3 Å². The van der Waals surface area contributed by atoms with Gasteiger partial charge in [0.05, 0.1) is 37.9 Å². The lowest BCUT2D eigenvalue weighted by atomic mass is 10.2. The van der Waals surface area contributed by atoms with Crippen LogP contribution in [0.4, 0.5) is 0 Å². The van der Waals surface area contributed by atoms with Crippen LogP contribution >= 0.6 is 0 Å². The molecule has 28 heavy (non-hydrogen) atoms. The Morgan fingerprint density at radius 3 is 2.71 bits per heavy atom. The molecular formula is C20H29N5O3. The second-order valence-corrected chi connectivity index (χ2v) is 7.57. The summed E-state index contributed by atoms with van der Waals surface area (Å²) in [5.74, 6) is 0.819. The molecule has 1 aliphatic heterocycles. The van der Waals surface area contributed by atoms with Gasteiger partial charge in [-0.25, -0.2) is 0 Å². The Bertz CT molecular complexity index is 687. The first kappa shape index (κ1) is 20.4. The molecule has 0 aromatic carbocycles. The molecule has 0 radical (unpaired) electrons. The van der Waals surface area contributed by atoms with Crippen LogP contribution in [0.1, 0.15) is 31.9 Å². The average Bonchev–Trinajstić information content (AvgIpc) is 3.36. The molecule has 3 rings (SSSR count). The fraction of sp³-hybridized carbons (Fsp3) is 0.650. The maximum Gasteiger partial charge on any atom is 0.237 e. The van der Waals surface area contributed by atoms with Gasteiger partial charge in [0.25, 0.3) is 0 Å². The Morgan fingerprint density at radius 1 is 1.36 bits per heavy atom. The zero-order chi connectivity index (χ0) is 19.9. The summed E-state index contributed by atoms with van der Waals surface area (Å²) in [6, 6.07) is 5.97. The molecule has 1 unspecified atom stereocenters. The molecule has 1 aromatic rings. The number of hydrogen-bond donors (Lipinski definition) is 1. The minimum atomic E-state index is -0.135. The second-order valence-electron chi connectivity index (χ2n) is 7.57. The predicted molar refractivity (Wildman–Crippen MR) is 103 cm³/mol. The number of nitrogens with zero attached hydrogens (tertiary/aromatic N) is 4. The van der Waals surface area contributed by atoms with Crippen molar-refractivity contribution in [2.75, 3.05) is 39.3 Å². The van der Waals surface area contributed by atoms with E-state index < -0.39 is 0 Å². The van der Waals surface area contributed by atoms with Gasteiger partial charge in [0.15, 0.2) is 0 Å². The molecule has 2 amide bonds. The molecule has 1 atom stereocenters. The molecule has 2 heterocycles. The summed E-state index contributed by atoms with van der Waals surface area (Å²) in [7, 11) is 0. The standard InChI is InChI=1S/C20H29N5O3/c1-16(20(27)22-17-5-6-17)24-11-9-23(10-12-24)15-19(26)25(8-3-7-21)14-18-4-2-13-28-18/h2,4,13,16-17H,3,5-6,8-12,14-15H2,1H3,(H,22,27). The lowest BCUT2D eigenvalue weighted by Crippen LogP contribution is -2.55. The fourth-order valence-electron chi connectivity index (χ4n) is 3.38. The minimum absolute atomic E-state index is 0.000347. The summed E-state index contributed by atoms with van der Waals surface area (Å²) in [6.07, 6.45) is 4.07. The first-order valence-electron chi connectivity index (χ1n) is 10.0. The van der Waals surface area contributed by atoms with Crippen molar-refractivity contribution in [2.24, 2.45) is 0 Å². The van der Waals surface area contributed by atoms with E-state index in [1.807, 2.05) is 13.0 Å². The molecule has 8 nitrogen and oxygen atoms in total. The quantitative estimate of drug-likeness (QED) is 0.674. The highest BCUT2D eigenvalue weighted by atomic mass is 16.3. The van der Waals surface area contributed by atoms with Gasteiger partial charge >= 0.3 is 0 Å². The topological polar surface area (TPSA) is 92.8 Å². The van der Waals surface area contributed by atoms with Crippen LogP contribution in [0.5, 0.6) is 0 Å². The lowest BCUT2D eigenvalue weighted by molar-refractivity contribution is -0.134. The van der Waals surface area contributed by atoms with Gasteiger partial charge in [-0.3, -0.25) is 19.4 Å². The highest BCUT2D eigenvalue weighted by Gasteiger charge is 2.30. The monoisotopic (exact) mass is 387 g/mol. The third-order valence-electron chi connectivity index (χ3n) is 5.39. The summed E-state index contributed by atoms with van der Waals surface area (Å²) in [5, 5.41) is 11.9. The number of amides is 2. The van der Waals surface area contributed by atoms with Crippen LogP contribution in [0.2, 0.25) is 0 Å². The fourth-order valence-corrected chi connectivity index (χ4v) is 3.38. The Morgan fingerprint density at radius 2 is 2.11 bits per heavy atom. The van der Waals surface area contributed by atoms with E-state index in [0.29, 0.717) is 37.9 Å². The van der Waals surface area contributed by atoms with E-state index >= 15 is 0 Å². The van der Waals surface area contributed by atoms with E-state index in [0.717, 1.165) is 39.0 Å². The molecule has 0 spiro atoms. The Balaban J connectivity index is 1.45. The van der Waals surface area contributed by atoms with Gasteiger partial charge in [-0.2, -0.15) is 5.26 Å². The van der Waals surface area contributed by atoms with Gasteiger partial charge in [-0.05, 0) is 31.9 Å². The van der Waals surface area contributed by atoms with Gasteiger partial charge in [0.1, 0.15) is 5.76 Å². The molecule has 1 saturated heterocycles. The lowest BCUT2D eigenvalue weighted by Gasteiger charge is -2.37. The van der Waals surface area contributed by atoms with Crippen molar-refractivity contribution in [1.29, 1.82) is 5.26 Å². The second kappa shape index (κ2) is 9.71. The summed E-state index contributed by atoms with van der Waals surface area (Å²) in [5.41, 5.74) is 0. The molecule has 1 N–H and O–H groups in total. The Kier molecular flexibility index (Phi) is 7.06. The first-order valence-corrected chi connectivity index (χ1v) is 10.0. The van der Waals surface area contributed by atoms with E-state index in [4.69, 9.17) is 9.68 Å². The Labute approximate surface area is 166 Å². The minimum Gasteiger partial charge on any atom is -0.467 e. The number of carbonyl (C=O) groups is 2. The predicted octanol–water partition coefficient (Wildman–Crippen LogP) is 0.807. The number of nitriles is 1. The highest BCUT2D eigenvalue weighted by molar-refractivity contribution is 5.82. The van der Waals surface area contributed by atoms with Crippen molar-refractivity contribution in [3.8, 4) is 6.07 Å². The summed E-state index contributed by atoms with van der Waals surface area (Å²) < 4.78 is 5.34. The zero-order valence-electron chi connectivity index (χ0n) is 16.5. The highest BCUT2D eigenvalue weighted by Crippen LogP contribution is 2.19. The molecule has 8 heteroatoms. The molecule has 2 aliphatic rings. The van der Waals surface area contributed by atoms with E-state index in [1.54, 1.807) is 17.2 Å². The number of piperazine rings is 1. The molecule has 2 fully saturated rings. The van der Waals surface area contributed by atoms with Gasteiger partial charge < -0.3 is 14.6 Å². The summed E-state index contributed by atoms with van der Waals surface area (Å²) >= 11 is 0. The van der Waals surface area contributed by atoms with Crippen molar-refractivity contribution in [2.45, 2.75) is 44.8 Å². The van der Waals surface area contributed by atoms with Gasteiger partial charge in [0, 0.05) is 38.8 Å². The third-order valence-corrected chi connectivity index (χ3v) is 5.39. The summed E-state index contributed by atoms with van der Waals surface area (Å²) in [6.45, 7) is 6.08. The summed E-state index contributed by atoms with van der Waals surface area (Å²) in [4.78, 5) is 31.0. The van der Waals surface area contributed by atoms with Crippen molar-refractivity contribution in [3.63, 3.8) is 0 Å². The van der Waals surface area contributed by atoms with Crippen molar-refractivity contribution < 1.29 is 14.0 Å². The van der Waals surface area contributed by atoms with E-state index in [2.05, 4.69) is 21.2 Å². The van der Waals surface area contributed by atoms with Crippen molar-refractivity contribution in [3.05, 3.63) is 24.2 Å². The zero-order valence-corrected chi connectivity index (χ0v) is 16.5. The maximum absolute atomic E-state index is 12.8. The van der Waals surface area contributed by atoms with Crippen LogP contribution in [0.25, 0.3) is 0 Å². The first-order chi connectivity index (χ1) is 13.6. The Hall–Kier alpha value is -2.37. The van der Waals surface area contributed by atoms with Crippen LogP contribution < -0.4 is 5.32 Å². The van der Waals surface area contributed by atoms with Crippen LogP contribution in [-0.4, -0.2) is 77.9 Å². The smallest absolute Gasteiger partial charge is 0.237 e. The molecule has 1 aliphatic carbocycles. The average molecular weight is 387 g/mol. The van der Waals surface area contributed by atoms with E-state index in [-0.39, 0.29) is 17.9 Å². The van der Waals surface area contributed by atoms with Crippen LogP contribution in [0.15, 0.2) is 22.8 Å². The van der Waals surface area contributed by atoms with E-state index in [9.17, 15) is 9.59 Å². The molecule has 0 bridgehead atoms. The van der Waals surface area contributed by atoms with Crippen LogP contribution in [0.3, 0.4) is 0 Å². The molecule has 1 saturated carbocycles. The SMILES string of the molecule is CC(C(=O)NC1CC1)N1CCN(CC(=O)N(CCC#N)Cc2ccco2)CC1. The molecule has 1 aromatic heterocycles. The number of carbonyl (C=O) groups excluding carboxylic acids is 2.